The number of benzene rings is 2. The molecule has 2 aromatic rings. The number of hydrogen-bond donors (Lipinski definition) is 2. The van der Waals surface area contributed by atoms with E-state index >= 15 is 0 Å². The van der Waals surface area contributed by atoms with E-state index in [0.717, 1.165) is 0 Å². The highest BCUT2D eigenvalue weighted by molar-refractivity contribution is 6.33. The lowest BCUT2D eigenvalue weighted by atomic mass is 10.2. The summed E-state index contributed by atoms with van der Waals surface area (Å²) in [7, 11) is 0. The van der Waals surface area contributed by atoms with Crippen LogP contribution >= 0.6 is 11.6 Å². The van der Waals surface area contributed by atoms with Crippen molar-refractivity contribution in [2.75, 3.05) is 10.6 Å². The number of anilines is 2. The van der Waals surface area contributed by atoms with Crippen LogP contribution in [0.4, 0.5) is 11.4 Å². The Hall–Kier alpha value is -2.84. The Morgan fingerprint density at radius 1 is 1.04 bits per heavy atom. The van der Waals surface area contributed by atoms with Crippen LogP contribution in [-0.2, 0) is 9.59 Å². The van der Waals surface area contributed by atoms with Gasteiger partial charge in [0, 0.05) is 5.69 Å². The molecule has 2 amide bonds. The van der Waals surface area contributed by atoms with E-state index in [0.29, 0.717) is 28.4 Å². The number of nitriles is 1. The molecule has 1 saturated carbocycles. The van der Waals surface area contributed by atoms with Crippen molar-refractivity contribution in [1.29, 1.82) is 5.26 Å². The van der Waals surface area contributed by atoms with Crippen LogP contribution in [0.2, 0.25) is 5.02 Å². The Morgan fingerprint density at radius 3 is 2.46 bits per heavy atom. The highest BCUT2D eigenvalue weighted by Gasteiger charge is 2.48. The van der Waals surface area contributed by atoms with Gasteiger partial charge in [0.15, 0.2) is 0 Å². The predicted molar refractivity (Wildman–Crippen MR) is 91.5 cm³/mol. The second-order valence-electron chi connectivity index (χ2n) is 5.60. The molecule has 0 aliphatic heterocycles. The molecule has 5 nitrogen and oxygen atoms in total. The van der Waals surface area contributed by atoms with Crippen molar-refractivity contribution < 1.29 is 9.59 Å². The van der Waals surface area contributed by atoms with Gasteiger partial charge in [0.25, 0.3) is 0 Å². The number of para-hydroxylation sites is 1. The molecular formula is C18H14ClN3O2. The lowest BCUT2D eigenvalue weighted by Gasteiger charge is -2.07. The molecule has 0 heterocycles. The van der Waals surface area contributed by atoms with E-state index in [4.69, 9.17) is 16.9 Å². The van der Waals surface area contributed by atoms with Crippen molar-refractivity contribution in [3.8, 4) is 6.07 Å². The Morgan fingerprint density at radius 2 is 1.75 bits per heavy atom. The highest BCUT2D eigenvalue weighted by atomic mass is 35.5. The van der Waals surface area contributed by atoms with E-state index < -0.39 is 0 Å². The summed E-state index contributed by atoms with van der Waals surface area (Å²) in [6, 6.07) is 15.6. The first-order valence-electron chi connectivity index (χ1n) is 7.45. The molecule has 2 aromatic carbocycles. The number of nitrogens with one attached hydrogen (secondary N) is 2. The minimum Gasteiger partial charge on any atom is -0.326 e. The fourth-order valence-electron chi connectivity index (χ4n) is 2.46. The van der Waals surface area contributed by atoms with Gasteiger partial charge in [-0.25, -0.2) is 0 Å². The molecule has 120 valence electrons. The minimum atomic E-state index is -0.363. The smallest absolute Gasteiger partial charge is 0.228 e. The van der Waals surface area contributed by atoms with Crippen LogP contribution < -0.4 is 10.6 Å². The SMILES string of the molecule is N#Cc1cccc(NC(=O)C2CC2C(=O)Nc2ccccc2Cl)c1. The van der Waals surface area contributed by atoms with Crippen LogP contribution in [0.25, 0.3) is 0 Å². The van der Waals surface area contributed by atoms with E-state index in [9.17, 15) is 9.59 Å². The van der Waals surface area contributed by atoms with Crippen molar-refractivity contribution in [1.82, 2.24) is 0 Å². The first kappa shape index (κ1) is 16.0. The lowest BCUT2D eigenvalue weighted by Crippen LogP contribution is -2.20. The van der Waals surface area contributed by atoms with Gasteiger partial charge < -0.3 is 10.6 Å². The minimum absolute atomic E-state index is 0.214. The maximum atomic E-state index is 12.2. The Balaban J connectivity index is 1.58. The first-order valence-corrected chi connectivity index (χ1v) is 7.82. The van der Waals surface area contributed by atoms with Gasteiger partial charge in [0.1, 0.15) is 0 Å². The zero-order valence-electron chi connectivity index (χ0n) is 12.6. The summed E-state index contributed by atoms with van der Waals surface area (Å²) in [5, 5.41) is 14.8. The molecule has 3 rings (SSSR count). The summed E-state index contributed by atoms with van der Waals surface area (Å²) in [4.78, 5) is 24.4. The summed E-state index contributed by atoms with van der Waals surface area (Å²) < 4.78 is 0. The van der Waals surface area contributed by atoms with Crippen molar-refractivity contribution in [3.63, 3.8) is 0 Å². The van der Waals surface area contributed by atoms with E-state index in [1.54, 1.807) is 48.5 Å². The second-order valence-corrected chi connectivity index (χ2v) is 6.01. The van der Waals surface area contributed by atoms with Gasteiger partial charge in [-0.3, -0.25) is 9.59 Å². The molecule has 0 radical (unpaired) electrons. The number of carbonyl (C=O) groups excluding carboxylic acids is 2. The number of nitrogens with zero attached hydrogens (tertiary/aromatic N) is 1. The molecule has 24 heavy (non-hydrogen) atoms. The summed E-state index contributed by atoms with van der Waals surface area (Å²) >= 11 is 6.01. The van der Waals surface area contributed by atoms with E-state index in [1.165, 1.54) is 0 Å². The Kier molecular flexibility index (Phi) is 4.50. The summed E-state index contributed by atoms with van der Waals surface area (Å²) in [6.07, 6.45) is 0.500. The lowest BCUT2D eigenvalue weighted by molar-refractivity contribution is -0.122. The van der Waals surface area contributed by atoms with Gasteiger partial charge in [-0.1, -0.05) is 29.8 Å². The third-order valence-corrected chi connectivity index (χ3v) is 4.18. The monoisotopic (exact) mass is 339 g/mol. The third kappa shape index (κ3) is 3.55. The topological polar surface area (TPSA) is 82.0 Å². The number of rotatable bonds is 4. The van der Waals surface area contributed by atoms with Gasteiger partial charge >= 0.3 is 0 Å². The Bertz CT molecular complexity index is 844. The van der Waals surface area contributed by atoms with E-state index in [2.05, 4.69) is 10.6 Å². The number of hydrogen-bond acceptors (Lipinski definition) is 3. The highest BCUT2D eigenvalue weighted by Crippen LogP contribution is 2.40. The fourth-order valence-corrected chi connectivity index (χ4v) is 2.65. The summed E-state index contributed by atoms with van der Waals surface area (Å²) in [6.45, 7) is 0. The molecule has 1 aliphatic carbocycles. The molecule has 0 aromatic heterocycles. The number of amides is 2. The molecule has 2 unspecified atom stereocenters. The molecule has 6 heteroatoms. The van der Waals surface area contributed by atoms with Crippen molar-refractivity contribution in [2.45, 2.75) is 6.42 Å². The maximum absolute atomic E-state index is 12.2. The molecule has 2 atom stereocenters. The second kappa shape index (κ2) is 6.73. The summed E-state index contributed by atoms with van der Waals surface area (Å²) in [5.74, 6) is -1.16. The molecule has 2 N–H and O–H groups in total. The van der Waals surface area contributed by atoms with Crippen LogP contribution in [0.15, 0.2) is 48.5 Å². The van der Waals surface area contributed by atoms with Crippen LogP contribution in [0.3, 0.4) is 0 Å². The zero-order chi connectivity index (χ0) is 17.1. The molecule has 0 spiro atoms. The number of halogens is 1. The van der Waals surface area contributed by atoms with Gasteiger partial charge in [-0.05, 0) is 36.8 Å². The first-order chi connectivity index (χ1) is 11.6. The molecule has 0 saturated heterocycles. The van der Waals surface area contributed by atoms with Crippen LogP contribution in [0.5, 0.6) is 0 Å². The quantitative estimate of drug-likeness (QED) is 0.895. The van der Waals surface area contributed by atoms with Gasteiger partial charge in [-0.2, -0.15) is 5.26 Å². The third-order valence-electron chi connectivity index (χ3n) is 3.85. The Labute approximate surface area is 144 Å². The van der Waals surface area contributed by atoms with Crippen LogP contribution in [0.1, 0.15) is 12.0 Å². The normalized spacial score (nSPS) is 18.3. The van der Waals surface area contributed by atoms with Gasteiger partial charge in [0.05, 0.1) is 34.2 Å². The molecule has 0 bridgehead atoms. The maximum Gasteiger partial charge on any atom is 0.228 e. The summed E-state index contributed by atoms with van der Waals surface area (Å²) in [5.41, 5.74) is 1.56. The predicted octanol–water partition coefficient (Wildman–Crippen LogP) is 3.42. The number of carbonyl (C=O) groups is 2. The molecule has 1 aliphatic rings. The van der Waals surface area contributed by atoms with Crippen molar-refractivity contribution in [2.24, 2.45) is 11.8 Å². The van der Waals surface area contributed by atoms with Crippen LogP contribution in [0, 0.1) is 23.2 Å². The fraction of sp³-hybridized carbons (Fsp3) is 0.167. The van der Waals surface area contributed by atoms with Crippen molar-refractivity contribution >= 4 is 34.8 Å². The molecule has 1 fully saturated rings. The van der Waals surface area contributed by atoms with Crippen LogP contribution in [-0.4, -0.2) is 11.8 Å². The largest absolute Gasteiger partial charge is 0.326 e. The zero-order valence-corrected chi connectivity index (χ0v) is 13.4. The average molecular weight is 340 g/mol. The molecular weight excluding hydrogens is 326 g/mol. The average Bonchev–Trinajstić information content (AvgIpc) is 3.38. The standard InChI is InChI=1S/C18H14ClN3O2/c19-15-6-1-2-7-16(15)22-18(24)14-9-13(14)17(23)21-12-5-3-4-11(8-12)10-20/h1-8,13-14H,9H2,(H,21,23)(H,22,24). The van der Waals surface area contributed by atoms with Crippen molar-refractivity contribution in [3.05, 3.63) is 59.1 Å². The van der Waals surface area contributed by atoms with E-state index in [-0.39, 0.29) is 23.7 Å². The van der Waals surface area contributed by atoms with Gasteiger partial charge in [0.2, 0.25) is 11.8 Å². The van der Waals surface area contributed by atoms with Gasteiger partial charge in [-0.15, -0.1) is 0 Å². The van der Waals surface area contributed by atoms with E-state index in [1.807, 2.05) is 6.07 Å².